The molecule has 6 heteroatoms. The number of carbonyl (C=O) groups excluding carboxylic acids is 2. The summed E-state index contributed by atoms with van der Waals surface area (Å²) in [6.07, 6.45) is 2.34. The Balaban J connectivity index is 2.18. The Bertz CT molecular complexity index is 786. The van der Waals surface area contributed by atoms with Gasteiger partial charge in [-0.3, -0.25) is 9.78 Å². The average molecular weight is 372 g/mol. The summed E-state index contributed by atoms with van der Waals surface area (Å²) in [5.41, 5.74) is 2.32. The van der Waals surface area contributed by atoms with Crippen molar-refractivity contribution in [2.75, 3.05) is 0 Å². The van der Waals surface area contributed by atoms with Crippen LogP contribution in [-0.4, -0.2) is 22.5 Å². The van der Waals surface area contributed by atoms with Gasteiger partial charge in [0.05, 0.1) is 11.1 Å². The molecule has 0 heterocycles. The largest absolute Gasteiger partial charge is 0.373 e. The number of rotatable bonds is 8. The van der Waals surface area contributed by atoms with Crippen LogP contribution in [0.3, 0.4) is 0 Å². The van der Waals surface area contributed by atoms with Crippen molar-refractivity contribution in [1.82, 2.24) is 0 Å². The van der Waals surface area contributed by atoms with Crippen LogP contribution < -0.4 is 0 Å². The fraction of sp³-hybridized carbons (Fsp3) is 0.333. The lowest BCUT2D eigenvalue weighted by Crippen LogP contribution is -2.11. The van der Waals surface area contributed by atoms with E-state index in [-0.39, 0.29) is 11.8 Å². The van der Waals surface area contributed by atoms with Crippen LogP contribution in [0.2, 0.25) is 0 Å². The van der Waals surface area contributed by atoms with Crippen LogP contribution in [-0.2, 0) is 9.78 Å². The summed E-state index contributed by atoms with van der Waals surface area (Å²) in [5.74, 6) is -1.40. The molecule has 2 aromatic carbocycles. The molecule has 2 N–H and O–H groups in total. The van der Waals surface area contributed by atoms with Crippen LogP contribution in [0, 0.1) is 0 Å². The number of hydrogen-bond acceptors (Lipinski definition) is 6. The molecular weight excluding hydrogens is 348 g/mol. The zero-order chi connectivity index (χ0) is 19.8. The van der Waals surface area contributed by atoms with Crippen LogP contribution in [0.25, 0.3) is 0 Å². The van der Waals surface area contributed by atoms with Crippen LogP contribution in [0.15, 0.2) is 48.5 Å². The van der Waals surface area contributed by atoms with Gasteiger partial charge in [-0.2, -0.15) is 10.5 Å². The Morgan fingerprint density at radius 1 is 0.852 bits per heavy atom. The molecular formula is C21H24O6. The van der Waals surface area contributed by atoms with E-state index in [0.29, 0.717) is 11.1 Å². The van der Waals surface area contributed by atoms with Crippen molar-refractivity contribution in [2.45, 2.75) is 44.9 Å². The molecule has 27 heavy (non-hydrogen) atoms. The lowest BCUT2D eigenvalue weighted by Gasteiger charge is -2.21. The highest BCUT2D eigenvalue weighted by molar-refractivity contribution is 5.91. The summed E-state index contributed by atoms with van der Waals surface area (Å²) in [4.78, 5) is 31.4. The predicted molar refractivity (Wildman–Crippen MR) is 99.7 cm³/mol. The van der Waals surface area contributed by atoms with Gasteiger partial charge in [0.2, 0.25) is 0 Å². The maximum absolute atomic E-state index is 11.8. The van der Waals surface area contributed by atoms with Crippen molar-refractivity contribution in [1.29, 1.82) is 0 Å². The van der Waals surface area contributed by atoms with E-state index >= 15 is 0 Å². The normalized spacial score (nSPS) is 12.9. The van der Waals surface area contributed by atoms with Crippen LogP contribution >= 0.6 is 0 Å². The second-order valence-electron chi connectivity index (χ2n) is 6.52. The predicted octanol–water partition coefficient (Wildman–Crippen LogP) is 5.02. The number of benzene rings is 2. The highest BCUT2D eigenvalue weighted by atomic mass is 17.1. The molecule has 2 rings (SSSR count). The molecule has 0 spiro atoms. The lowest BCUT2D eigenvalue weighted by atomic mass is 9.84. The Hall–Kier alpha value is -2.70. The van der Waals surface area contributed by atoms with E-state index < -0.39 is 11.9 Å². The SMILES string of the molecule is CCC(CCC(C)c1ccccc1C(=O)OO)c1ccccc1C(=O)OO. The fourth-order valence-corrected chi connectivity index (χ4v) is 3.44. The molecule has 0 amide bonds. The molecule has 0 aliphatic rings. The molecule has 0 fully saturated rings. The van der Waals surface area contributed by atoms with E-state index in [9.17, 15) is 9.59 Å². The van der Waals surface area contributed by atoms with E-state index in [1.807, 2.05) is 38.1 Å². The van der Waals surface area contributed by atoms with E-state index in [4.69, 9.17) is 10.5 Å². The molecule has 0 aromatic heterocycles. The van der Waals surface area contributed by atoms with Crippen LogP contribution in [0.5, 0.6) is 0 Å². The summed E-state index contributed by atoms with van der Waals surface area (Å²) in [6.45, 7) is 4.04. The maximum Gasteiger partial charge on any atom is 0.373 e. The highest BCUT2D eigenvalue weighted by Gasteiger charge is 2.22. The van der Waals surface area contributed by atoms with Gasteiger partial charge in [-0.05, 0) is 54.4 Å². The molecule has 0 aliphatic carbocycles. The van der Waals surface area contributed by atoms with Crippen LogP contribution in [0.1, 0.15) is 76.8 Å². The molecule has 0 saturated heterocycles. The second-order valence-corrected chi connectivity index (χ2v) is 6.52. The third-order valence-corrected chi connectivity index (χ3v) is 4.94. The molecule has 0 saturated carbocycles. The summed E-state index contributed by atoms with van der Waals surface area (Å²) >= 11 is 0. The first-order chi connectivity index (χ1) is 13.0. The Morgan fingerprint density at radius 2 is 1.33 bits per heavy atom. The molecule has 6 nitrogen and oxygen atoms in total. The molecule has 2 unspecified atom stereocenters. The molecule has 0 aliphatic heterocycles. The lowest BCUT2D eigenvalue weighted by molar-refractivity contribution is -0.183. The summed E-state index contributed by atoms with van der Waals surface area (Å²) in [6, 6.07) is 14.1. The zero-order valence-electron chi connectivity index (χ0n) is 15.4. The maximum atomic E-state index is 11.8. The van der Waals surface area contributed by atoms with E-state index in [0.717, 1.165) is 30.4 Å². The minimum atomic E-state index is -0.777. The Morgan fingerprint density at radius 3 is 1.85 bits per heavy atom. The van der Waals surface area contributed by atoms with Gasteiger partial charge in [0.15, 0.2) is 0 Å². The molecule has 2 atom stereocenters. The van der Waals surface area contributed by atoms with Gasteiger partial charge in [0.1, 0.15) is 0 Å². The van der Waals surface area contributed by atoms with Crippen LogP contribution in [0.4, 0.5) is 0 Å². The topological polar surface area (TPSA) is 93.1 Å². The van der Waals surface area contributed by atoms with Crippen molar-refractivity contribution in [3.05, 3.63) is 70.8 Å². The summed E-state index contributed by atoms with van der Waals surface area (Å²) in [7, 11) is 0. The van der Waals surface area contributed by atoms with Crippen molar-refractivity contribution < 1.29 is 29.9 Å². The van der Waals surface area contributed by atoms with Crippen molar-refractivity contribution >= 4 is 11.9 Å². The van der Waals surface area contributed by atoms with Gasteiger partial charge in [0.25, 0.3) is 0 Å². The molecule has 0 bridgehead atoms. The van der Waals surface area contributed by atoms with Gasteiger partial charge < -0.3 is 0 Å². The van der Waals surface area contributed by atoms with Gasteiger partial charge in [0, 0.05) is 0 Å². The summed E-state index contributed by atoms with van der Waals surface area (Å²) in [5, 5.41) is 17.4. The summed E-state index contributed by atoms with van der Waals surface area (Å²) < 4.78 is 0. The third-order valence-electron chi connectivity index (χ3n) is 4.94. The highest BCUT2D eigenvalue weighted by Crippen LogP contribution is 2.33. The fourth-order valence-electron chi connectivity index (χ4n) is 3.44. The Labute approximate surface area is 158 Å². The van der Waals surface area contributed by atoms with Gasteiger partial charge in [-0.25, -0.2) is 9.59 Å². The van der Waals surface area contributed by atoms with Crippen molar-refractivity contribution in [3.8, 4) is 0 Å². The number of hydrogen-bond donors (Lipinski definition) is 2. The van der Waals surface area contributed by atoms with E-state index in [1.54, 1.807) is 24.3 Å². The van der Waals surface area contributed by atoms with Gasteiger partial charge in [-0.1, -0.05) is 50.2 Å². The van der Waals surface area contributed by atoms with Gasteiger partial charge in [-0.15, -0.1) is 0 Å². The number of carbonyl (C=O) groups is 2. The molecule has 0 radical (unpaired) electrons. The quantitative estimate of drug-likeness (QED) is 0.499. The van der Waals surface area contributed by atoms with E-state index in [2.05, 4.69) is 9.78 Å². The first-order valence-corrected chi connectivity index (χ1v) is 8.92. The smallest absolute Gasteiger partial charge is 0.295 e. The average Bonchev–Trinajstić information content (AvgIpc) is 2.73. The first kappa shape index (κ1) is 20.6. The first-order valence-electron chi connectivity index (χ1n) is 8.92. The standard InChI is InChI=1S/C21H24O6/c1-3-15(17-9-5-7-11-19(17)21(23)27-25)13-12-14(2)16-8-4-6-10-18(16)20(22)26-24/h4-11,14-15,24-25H,3,12-13H2,1-2H3. The van der Waals surface area contributed by atoms with Crippen molar-refractivity contribution in [3.63, 3.8) is 0 Å². The Kier molecular flexibility index (Phi) is 7.52. The third kappa shape index (κ3) is 4.93. The van der Waals surface area contributed by atoms with Crippen molar-refractivity contribution in [2.24, 2.45) is 0 Å². The monoisotopic (exact) mass is 372 g/mol. The minimum Gasteiger partial charge on any atom is -0.295 e. The molecule has 2 aromatic rings. The zero-order valence-corrected chi connectivity index (χ0v) is 15.4. The molecule has 144 valence electrons. The van der Waals surface area contributed by atoms with E-state index in [1.165, 1.54) is 0 Å². The second kappa shape index (κ2) is 9.85. The minimum absolute atomic E-state index is 0.0475. The van der Waals surface area contributed by atoms with Gasteiger partial charge >= 0.3 is 11.9 Å².